The third kappa shape index (κ3) is 5.70. The average molecular weight is 454 g/mol. The first-order valence-corrected chi connectivity index (χ1v) is 11.9. The van der Waals surface area contributed by atoms with Gasteiger partial charge in [-0.25, -0.2) is 0 Å². The van der Waals surface area contributed by atoms with Crippen LogP contribution in [0.5, 0.6) is 0 Å². The van der Waals surface area contributed by atoms with Crippen LogP contribution in [0.3, 0.4) is 0 Å². The van der Waals surface area contributed by atoms with Crippen molar-refractivity contribution in [3.63, 3.8) is 0 Å². The summed E-state index contributed by atoms with van der Waals surface area (Å²) in [5.41, 5.74) is 2.00. The van der Waals surface area contributed by atoms with E-state index in [4.69, 9.17) is 0 Å². The van der Waals surface area contributed by atoms with Crippen LogP contribution in [0.25, 0.3) is 0 Å². The number of imide groups is 1. The number of nitrogens with one attached hydrogen (secondary N) is 1. The Labute approximate surface area is 196 Å². The van der Waals surface area contributed by atoms with Crippen molar-refractivity contribution in [3.05, 3.63) is 47.5 Å². The van der Waals surface area contributed by atoms with Gasteiger partial charge in [-0.2, -0.15) is 0 Å². The second-order valence-corrected chi connectivity index (χ2v) is 9.24. The van der Waals surface area contributed by atoms with E-state index >= 15 is 0 Å². The molecule has 0 radical (unpaired) electrons. The molecule has 33 heavy (non-hydrogen) atoms. The van der Waals surface area contributed by atoms with Crippen LogP contribution in [0, 0.1) is 18.8 Å². The highest BCUT2D eigenvalue weighted by Gasteiger charge is 2.47. The van der Waals surface area contributed by atoms with Crippen molar-refractivity contribution in [3.8, 4) is 0 Å². The summed E-state index contributed by atoms with van der Waals surface area (Å²) in [6.45, 7) is 7.95. The Morgan fingerprint density at radius 3 is 2.33 bits per heavy atom. The smallest absolute Gasteiger partial charge is 0.242 e. The summed E-state index contributed by atoms with van der Waals surface area (Å²) in [6, 6.07) is 7.15. The zero-order chi connectivity index (χ0) is 24.1. The highest BCUT2D eigenvalue weighted by atomic mass is 16.2. The molecule has 1 heterocycles. The minimum absolute atomic E-state index is 0.00286. The Kier molecular flexibility index (Phi) is 8.06. The van der Waals surface area contributed by atoms with E-state index in [-0.39, 0.29) is 61.0 Å². The van der Waals surface area contributed by atoms with Gasteiger partial charge in [0.25, 0.3) is 0 Å². The van der Waals surface area contributed by atoms with Gasteiger partial charge < -0.3 is 10.2 Å². The molecule has 0 saturated carbocycles. The fourth-order valence-corrected chi connectivity index (χ4v) is 4.50. The molecule has 1 aromatic carbocycles. The lowest BCUT2D eigenvalue weighted by Crippen LogP contribution is -2.50. The zero-order valence-electron chi connectivity index (χ0n) is 20.0. The van der Waals surface area contributed by atoms with Crippen molar-refractivity contribution in [2.45, 2.75) is 72.0 Å². The Morgan fingerprint density at radius 1 is 1.12 bits per heavy atom. The van der Waals surface area contributed by atoms with Crippen LogP contribution in [0.4, 0.5) is 0 Å². The summed E-state index contributed by atoms with van der Waals surface area (Å²) in [7, 11) is 0. The van der Waals surface area contributed by atoms with Gasteiger partial charge >= 0.3 is 0 Å². The van der Waals surface area contributed by atoms with Crippen molar-refractivity contribution in [1.29, 1.82) is 0 Å². The quantitative estimate of drug-likeness (QED) is 0.460. The summed E-state index contributed by atoms with van der Waals surface area (Å²) >= 11 is 0. The molecular weight excluding hydrogens is 418 g/mol. The molecule has 0 bridgehead atoms. The molecule has 2 aliphatic rings. The maximum Gasteiger partial charge on any atom is 0.242 e. The minimum Gasteiger partial charge on any atom is -0.352 e. The maximum absolute atomic E-state index is 13.3. The number of hydrogen-bond acceptors (Lipinski definition) is 4. The van der Waals surface area contributed by atoms with Crippen LogP contribution >= 0.6 is 0 Å². The van der Waals surface area contributed by atoms with Gasteiger partial charge in [0.2, 0.25) is 23.6 Å². The molecule has 0 aromatic heterocycles. The van der Waals surface area contributed by atoms with Crippen LogP contribution < -0.4 is 5.32 Å². The lowest BCUT2D eigenvalue weighted by molar-refractivity contribution is -0.143. The van der Waals surface area contributed by atoms with E-state index in [1.165, 1.54) is 4.90 Å². The molecule has 178 valence electrons. The predicted octanol–water partition coefficient (Wildman–Crippen LogP) is 2.97. The molecule has 4 amide bonds. The topological polar surface area (TPSA) is 86.8 Å². The van der Waals surface area contributed by atoms with Crippen molar-refractivity contribution in [2.75, 3.05) is 6.54 Å². The number of fused-ring (bicyclic) bond motifs is 1. The number of amides is 4. The molecule has 4 atom stereocenters. The number of rotatable bonds is 9. The first-order valence-electron chi connectivity index (χ1n) is 11.9. The highest BCUT2D eigenvalue weighted by molar-refractivity contribution is 6.05. The van der Waals surface area contributed by atoms with Crippen molar-refractivity contribution in [1.82, 2.24) is 15.1 Å². The third-order valence-electron chi connectivity index (χ3n) is 6.75. The zero-order valence-corrected chi connectivity index (χ0v) is 20.0. The van der Waals surface area contributed by atoms with Gasteiger partial charge in [0.05, 0.1) is 11.8 Å². The average Bonchev–Trinajstić information content (AvgIpc) is 3.05. The fraction of sp³-hybridized carbons (Fsp3) is 0.538. The van der Waals surface area contributed by atoms with E-state index < -0.39 is 6.04 Å². The SMILES string of the molecule is CC[C@@H](C)NC(=O)[C@H](C)N(Cc1cccc(C)c1)C(=O)CCN1C(=O)[C@H]2CC=CC[C@H]2C1=O. The van der Waals surface area contributed by atoms with Gasteiger partial charge in [0.1, 0.15) is 6.04 Å². The molecule has 1 saturated heterocycles. The van der Waals surface area contributed by atoms with Crippen LogP contribution in [-0.2, 0) is 25.7 Å². The molecule has 3 rings (SSSR count). The summed E-state index contributed by atoms with van der Waals surface area (Å²) in [5, 5.41) is 2.95. The van der Waals surface area contributed by atoms with E-state index in [0.29, 0.717) is 12.8 Å². The lowest BCUT2D eigenvalue weighted by Gasteiger charge is -2.30. The van der Waals surface area contributed by atoms with Gasteiger partial charge in [-0.1, -0.05) is 48.9 Å². The molecule has 1 fully saturated rings. The van der Waals surface area contributed by atoms with Crippen molar-refractivity contribution < 1.29 is 19.2 Å². The lowest BCUT2D eigenvalue weighted by atomic mass is 9.85. The van der Waals surface area contributed by atoms with Crippen LogP contribution in [0.15, 0.2) is 36.4 Å². The van der Waals surface area contributed by atoms with E-state index in [0.717, 1.165) is 17.5 Å². The number of hydrogen-bond donors (Lipinski definition) is 1. The Balaban J connectivity index is 1.72. The molecule has 7 heteroatoms. The number of allylic oxidation sites excluding steroid dienone is 2. The normalized spacial score (nSPS) is 21.5. The Hall–Kier alpha value is -2.96. The van der Waals surface area contributed by atoms with Crippen molar-refractivity contribution >= 4 is 23.6 Å². The monoisotopic (exact) mass is 453 g/mol. The molecule has 0 spiro atoms. The molecule has 7 nitrogen and oxygen atoms in total. The summed E-state index contributed by atoms with van der Waals surface area (Å²) in [4.78, 5) is 54.4. The second-order valence-electron chi connectivity index (χ2n) is 9.24. The van der Waals surface area contributed by atoms with E-state index in [2.05, 4.69) is 5.32 Å². The molecule has 1 N–H and O–H groups in total. The second kappa shape index (κ2) is 10.8. The Morgan fingerprint density at radius 2 is 1.76 bits per heavy atom. The predicted molar refractivity (Wildman–Crippen MR) is 126 cm³/mol. The summed E-state index contributed by atoms with van der Waals surface area (Å²) in [6.07, 6.45) is 5.83. The number of nitrogens with zero attached hydrogens (tertiary/aromatic N) is 2. The van der Waals surface area contributed by atoms with Crippen LogP contribution in [0.2, 0.25) is 0 Å². The van der Waals surface area contributed by atoms with Crippen molar-refractivity contribution in [2.24, 2.45) is 11.8 Å². The van der Waals surface area contributed by atoms with Crippen LogP contribution in [-0.4, -0.2) is 52.1 Å². The highest BCUT2D eigenvalue weighted by Crippen LogP contribution is 2.35. The van der Waals surface area contributed by atoms with Gasteiger partial charge in [0, 0.05) is 25.6 Å². The van der Waals surface area contributed by atoms with Gasteiger partial charge in [0.15, 0.2) is 0 Å². The number of carbonyl (C=O) groups excluding carboxylic acids is 4. The van der Waals surface area contributed by atoms with Gasteiger partial charge in [-0.3, -0.25) is 24.1 Å². The van der Waals surface area contributed by atoms with E-state index in [1.807, 2.05) is 57.2 Å². The van der Waals surface area contributed by atoms with Gasteiger partial charge in [-0.15, -0.1) is 0 Å². The molecular formula is C26H35N3O4. The maximum atomic E-state index is 13.3. The first-order chi connectivity index (χ1) is 15.7. The molecule has 0 unspecified atom stereocenters. The first kappa shape index (κ1) is 24.7. The van der Waals surface area contributed by atoms with E-state index in [1.54, 1.807) is 11.8 Å². The fourth-order valence-electron chi connectivity index (χ4n) is 4.50. The number of carbonyl (C=O) groups is 4. The summed E-state index contributed by atoms with van der Waals surface area (Å²) in [5.74, 6) is -1.44. The van der Waals surface area contributed by atoms with Crippen LogP contribution in [0.1, 0.15) is 57.6 Å². The number of likely N-dealkylation sites (tertiary alicyclic amines) is 1. The molecule has 1 aliphatic carbocycles. The Bertz CT molecular complexity index is 915. The molecule has 1 aromatic rings. The van der Waals surface area contributed by atoms with E-state index in [9.17, 15) is 19.2 Å². The van der Waals surface area contributed by atoms with Gasteiger partial charge in [-0.05, 0) is 45.6 Å². The third-order valence-corrected chi connectivity index (χ3v) is 6.75. The number of benzene rings is 1. The standard InChI is InChI=1S/C26H35N3O4/c1-5-18(3)27-24(31)19(4)29(16-20-10-8-9-17(2)15-20)23(30)13-14-28-25(32)21-11-6-7-12-22(21)26(28)33/h6-10,15,18-19,21-22H,5,11-14,16H2,1-4H3,(H,27,31)/t18-,19+,21-,22+/m1/s1. The summed E-state index contributed by atoms with van der Waals surface area (Å²) < 4.78 is 0. The molecule has 1 aliphatic heterocycles. The minimum atomic E-state index is -0.677. The largest absolute Gasteiger partial charge is 0.352 e. The number of aryl methyl sites for hydroxylation is 1.